The van der Waals surface area contributed by atoms with Gasteiger partial charge in [0.1, 0.15) is 0 Å². The summed E-state index contributed by atoms with van der Waals surface area (Å²) < 4.78 is 78.5. The van der Waals surface area contributed by atoms with E-state index in [1.807, 2.05) is 4.90 Å². The van der Waals surface area contributed by atoms with Crippen molar-refractivity contribution in [1.82, 2.24) is 25.3 Å². The zero-order chi connectivity index (χ0) is 21.2. The van der Waals surface area contributed by atoms with Crippen LogP contribution in [0.15, 0.2) is 34.2 Å². The number of hydrogen-bond acceptors (Lipinski definition) is 6. The number of alkyl halides is 6. The van der Waals surface area contributed by atoms with Crippen LogP contribution in [0.2, 0.25) is 0 Å². The van der Waals surface area contributed by atoms with Gasteiger partial charge in [0.25, 0.3) is 0 Å². The second-order valence-corrected chi connectivity index (χ2v) is 6.53. The second kappa shape index (κ2) is 7.91. The molecule has 3 rings (SSSR count). The summed E-state index contributed by atoms with van der Waals surface area (Å²) in [6.07, 6.45) is -7.05. The number of halogens is 6. The van der Waals surface area contributed by atoms with E-state index in [-0.39, 0.29) is 17.9 Å². The molecule has 158 valence electrons. The summed E-state index contributed by atoms with van der Waals surface area (Å²) >= 11 is 0. The first-order valence-electron chi connectivity index (χ1n) is 8.63. The molecule has 0 radical (unpaired) electrons. The van der Waals surface area contributed by atoms with E-state index in [2.05, 4.69) is 25.0 Å². The molecule has 2 heterocycles. The van der Waals surface area contributed by atoms with Crippen LogP contribution in [0.5, 0.6) is 0 Å². The van der Waals surface area contributed by atoms with Gasteiger partial charge in [-0.1, -0.05) is 5.16 Å². The van der Waals surface area contributed by atoms with Crippen LogP contribution in [-0.4, -0.2) is 39.8 Å². The molecule has 0 aliphatic heterocycles. The summed E-state index contributed by atoms with van der Waals surface area (Å²) in [5, 5.41) is 6.11. The van der Waals surface area contributed by atoms with Gasteiger partial charge in [0.05, 0.1) is 18.7 Å². The van der Waals surface area contributed by atoms with E-state index in [1.165, 1.54) is 12.3 Å². The summed E-state index contributed by atoms with van der Waals surface area (Å²) in [4.78, 5) is 9.36. The van der Waals surface area contributed by atoms with Gasteiger partial charge >= 0.3 is 18.2 Å². The number of rotatable bonds is 7. The fourth-order valence-corrected chi connectivity index (χ4v) is 2.77. The van der Waals surface area contributed by atoms with E-state index < -0.39 is 24.7 Å². The molecule has 0 atom stereocenters. The predicted molar refractivity (Wildman–Crippen MR) is 88.9 cm³/mol. The smallest absolute Gasteiger partial charge is 0.387 e. The molecule has 0 fully saturated rings. The van der Waals surface area contributed by atoms with Gasteiger partial charge in [0.15, 0.2) is 0 Å². The van der Waals surface area contributed by atoms with Crippen molar-refractivity contribution in [2.24, 2.45) is 0 Å². The van der Waals surface area contributed by atoms with Crippen LogP contribution in [0, 0.1) is 0 Å². The Morgan fingerprint density at radius 3 is 2.41 bits per heavy atom. The highest BCUT2D eigenvalue weighted by Crippen LogP contribution is 2.31. The molecule has 0 spiro atoms. The first-order valence-corrected chi connectivity index (χ1v) is 8.63. The van der Waals surface area contributed by atoms with Crippen LogP contribution in [0.4, 0.5) is 26.3 Å². The zero-order valence-corrected chi connectivity index (χ0v) is 15.2. The third kappa shape index (κ3) is 5.39. The average molecular weight is 421 g/mol. The van der Waals surface area contributed by atoms with Crippen molar-refractivity contribution >= 4 is 0 Å². The van der Waals surface area contributed by atoms with Crippen molar-refractivity contribution in [1.29, 1.82) is 0 Å². The molecule has 12 heteroatoms. The molecule has 6 nitrogen and oxygen atoms in total. The lowest BCUT2D eigenvalue weighted by molar-refractivity contribution is -0.159. The van der Waals surface area contributed by atoms with Crippen LogP contribution in [-0.2, 0) is 12.7 Å². The van der Waals surface area contributed by atoms with Crippen molar-refractivity contribution in [3.8, 4) is 11.4 Å². The topological polar surface area (TPSA) is 67.1 Å². The number of aromatic nitrogens is 3. The quantitative estimate of drug-likeness (QED) is 0.679. The average Bonchev–Trinajstić information content (AvgIpc) is 3.08. The SMILES string of the molecule is CN(Cc1ccc(-c2noc(C(F)(F)F)n2)cn1)C1=C(NCCC(F)(F)F)CC1. The maximum absolute atomic E-state index is 12.5. The van der Waals surface area contributed by atoms with Crippen molar-refractivity contribution in [2.45, 2.75) is 38.2 Å². The molecule has 0 amide bonds. The molecular formula is C17H17F6N5O. The monoisotopic (exact) mass is 421 g/mol. The standard InChI is InChI=1S/C17H17F6N5O/c1-28(13-5-4-12(13)24-7-6-16(18,19)20)9-11-3-2-10(8-25-11)14-26-15(29-27-14)17(21,22)23/h2-3,8,24H,4-7,9H2,1H3. The van der Waals surface area contributed by atoms with E-state index >= 15 is 0 Å². The van der Waals surface area contributed by atoms with Crippen LogP contribution in [0.1, 0.15) is 30.8 Å². The van der Waals surface area contributed by atoms with Gasteiger partial charge in [-0.2, -0.15) is 31.3 Å². The predicted octanol–water partition coefficient (Wildman–Crippen LogP) is 4.13. The van der Waals surface area contributed by atoms with Gasteiger partial charge in [0, 0.05) is 36.7 Å². The number of nitrogens with one attached hydrogen (secondary N) is 1. The number of nitrogens with zero attached hydrogens (tertiary/aromatic N) is 4. The lowest BCUT2D eigenvalue weighted by Gasteiger charge is -2.33. The van der Waals surface area contributed by atoms with Gasteiger partial charge < -0.3 is 14.7 Å². The Kier molecular flexibility index (Phi) is 5.71. The summed E-state index contributed by atoms with van der Waals surface area (Å²) in [5.74, 6) is -1.65. The maximum Gasteiger partial charge on any atom is 0.471 e. The fraction of sp³-hybridized carbons (Fsp3) is 0.471. The molecular weight excluding hydrogens is 404 g/mol. The summed E-state index contributed by atoms with van der Waals surface area (Å²) in [6, 6.07) is 3.14. The van der Waals surface area contributed by atoms with Crippen LogP contribution in [0.3, 0.4) is 0 Å². The van der Waals surface area contributed by atoms with Crippen molar-refractivity contribution in [3.63, 3.8) is 0 Å². The first kappa shape index (κ1) is 20.9. The van der Waals surface area contributed by atoms with E-state index in [0.29, 0.717) is 18.7 Å². The third-order valence-corrected chi connectivity index (χ3v) is 4.32. The Labute approximate surface area is 161 Å². The van der Waals surface area contributed by atoms with E-state index in [0.717, 1.165) is 17.8 Å². The van der Waals surface area contributed by atoms with Crippen molar-refractivity contribution in [2.75, 3.05) is 13.6 Å². The second-order valence-electron chi connectivity index (χ2n) is 6.53. The Morgan fingerprint density at radius 1 is 1.14 bits per heavy atom. The minimum atomic E-state index is -4.72. The van der Waals surface area contributed by atoms with Crippen molar-refractivity contribution < 1.29 is 30.9 Å². The molecule has 0 unspecified atom stereocenters. The van der Waals surface area contributed by atoms with Gasteiger partial charge in [-0.25, -0.2) is 0 Å². The highest BCUT2D eigenvalue weighted by molar-refractivity contribution is 5.52. The lowest BCUT2D eigenvalue weighted by atomic mass is 9.99. The molecule has 0 aromatic carbocycles. The molecule has 29 heavy (non-hydrogen) atoms. The summed E-state index contributed by atoms with van der Waals surface area (Å²) in [7, 11) is 1.80. The third-order valence-electron chi connectivity index (χ3n) is 4.32. The first-order chi connectivity index (χ1) is 13.5. The molecule has 2 aromatic rings. The summed E-state index contributed by atoms with van der Waals surface area (Å²) in [5.41, 5.74) is 2.59. The Bertz CT molecular complexity index is 872. The molecule has 2 aromatic heterocycles. The number of pyridine rings is 1. The molecule has 0 saturated heterocycles. The van der Waals surface area contributed by atoms with Crippen LogP contribution < -0.4 is 5.32 Å². The molecule has 1 aliphatic carbocycles. The minimum absolute atomic E-state index is 0.173. The number of allylic oxidation sites excluding steroid dienone is 2. The highest BCUT2D eigenvalue weighted by Gasteiger charge is 2.38. The lowest BCUT2D eigenvalue weighted by Crippen LogP contribution is -2.32. The molecule has 0 saturated carbocycles. The van der Waals surface area contributed by atoms with Gasteiger partial charge in [-0.05, 0) is 25.0 Å². The largest absolute Gasteiger partial charge is 0.471 e. The van der Waals surface area contributed by atoms with Crippen LogP contribution >= 0.6 is 0 Å². The van der Waals surface area contributed by atoms with E-state index in [4.69, 9.17) is 0 Å². The van der Waals surface area contributed by atoms with E-state index in [9.17, 15) is 26.3 Å². The number of hydrogen-bond donors (Lipinski definition) is 1. The Balaban J connectivity index is 1.59. The zero-order valence-electron chi connectivity index (χ0n) is 15.2. The maximum atomic E-state index is 12.5. The van der Waals surface area contributed by atoms with Gasteiger partial charge in [-0.3, -0.25) is 4.98 Å². The van der Waals surface area contributed by atoms with Gasteiger partial charge in [0.2, 0.25) is 5.82 Å². The Hall–Kier alpha value is -2.79. The highest BCUT2D eigenvalue weighted by atomic mass is 19.4. The van der Waals surface area contributed by atoms with E-state index in [1.54, 1.807) is 13.1 Å². The molecule has 0 bridgehead atoms. The summed E-state index contributed by atoms with van der Waals surface area (Å²) in [6.45, 7) is 0.216. The Morgan fingerprint density at radius 2 is 1.90 bits per heavy atom. The molecule has 1 N–H and O–H groups in total. The molecule has 1 aliphatic rings. The minimum Gasteiger partial charge on any atom is -0.387 e. The van der Waals surface area contributed by atoms with Crippen LogP contribution in [0.25, 0.3) is 11.4 Å². The fourth-order valence-electron chi connectivity index (χ4n) is 2.77. The van der Waals surface area contributed by atoms with Crippen molar-refractivity contribution in [3.05, 3.63) is 41.3 Å². The van der Waals surface area contributed by atoms with Gasteiger partial charge in [-0.15, -0.1) is 0 Å². The normalized spacial score (nSPS) is 14.7.